The van der Waals surface area contributed by atoms with E-state index in [1.54, 1.807) is 6.07 Å². The molecular formula is C20H23ClN2O4S. The van der Waals surface area contributed by atoms with Crippen LogP contribution in [-0.4, -0.2) is 38.3 Å². The van der Waals surface area contributed by atoms with Gasteiger partial charge in [0.05, 0.1) is 5.02 Å². The quantitative estimate of drug-likeness (QED) is 0.769. The summed E-state index contributed by atoms with van der Waals surface area (Å²) in [4.78, 5) is 12.2. The zero-order chi connectivity index (χ0) is 20.3. The van der Waals surface area contributed by atoms with Crippen molar-refractivity contribution in [2.75, 3.05) is 25.0 Å². The van der Waals surface area contributed by atoms with Crippen LogP contribution in [0.25, 0.3) is 0 Å². The largest absolute Gasteiger partial charge is 0.483 e. The van der Waals surface area contributed by atoms with Crippen molar-refractivity contribution in [3.8, 4) is 5.75 Å². The molecule has 0 radical (unpaired) electrons. The lowest BCUT2D eigenvalue weighted by atomic mass is 10.1. The van der Waals surface area contributed by atoms with Gasteiger partial charge in [0, 0.05) is 18.8 Å². The van der Waals surface area contributed by atoms with Crippen LogP contribution >= 0.6 is 11.6 Å². The van der Waals surface area contributed by atoms with Gasteiger partial charge in [-0.1, -0.05) is 29.3 Å². The third kappa shape index (κ3) is 4.66. The Morgan fingerprint density at radius 1 is 1.14 bits per heavy atom. The fourth-order valence-corrected chi connectivity index (χ4v) is 5.17. The van der Waals surface area contributed by atoms with Crippen molar-refractivity contribution in [3.63, 3.8) is 0 Å². The molecule has 1 aliphatic rings. The number of anilines is 1. The molecule has 1 heterocycles. The molecule has 8 heteroatoms. The summed E-state index contributed by atoms with van der Waals surface area (Å²) in [5.74, 6) is 0.251. The molecule has 0 aliphatic carbocycles. The van der Waals surface area contributed by atoms with Gasteiger partial charge in [-0.2, -0.15) is 4.31 Å². The van der Waals surface area contributed by atoms with Crippen molar-refractivity contribution in [2.45, 2.75) is 31.6 Å². The van der Waals surface area contributed by atoms with E-state index in [0.29, 0.717) is 24.5 Å². The topological polar surface area (TPSA) is 75.7 Å². The summed E-state index contributed by atoms with van der Waals surface area (Å²) >= 11 is 6.12. The fourth-order valence-electron chi connectivity index (χ4n) is 3.15. The van der Waals surface area contributed by atoms with Crippen LogP contribution < -0.4 is 10.1 Å². The Kier molecular flexibility index (Phi) is 6.27. The zero-order valence-electron chi connectivity index (χ0n) is 15.9. The van der Waals surface area contributed by atoms with Crippen molar-refractivity contribution in [1.82, 2.24) is 4.31 Å². The maximum absolute atomic E-state index is 12.8. The minimum atomic E-state index is -3.67. The average molecular weight is 423 g/mol. The zero-order valence-corrected chi connectivity index (χ0v) is 17.4. The average Bonchev–Trinajstić information content (AvgIpc) is 3.18. The molecular weight excluding hydrogens is 400 g/mol. The Bertz CT molecular complexity index is 986. The molecule has 2 aromatic carbocycles. The molecule has 1 fully saturated rings. The molecule has 1 N–H and O–H groups in total. The van der Waals surface area contributed by atoms with Crippen LogP contribution in [0.5, 0.6) is 5.75 Å². The van der Waals surface area contributed by atoms with Crippen LogP contribution in [0.4, 0.5) is 5.69 Å². The van der Waals surface area contributed by atoms with Crippen molar-refractivity contribution < 1.29 is 17.9 Å². The Morgan fingerprint density at radius 3 is 2.54 bits per heavy atom. The summed E-state index contributed by atoms with van der Waals surface area (Å²) in [5.41, 5.74) is 2.41. The van der Waals surface area contributed by atoms with Crippen molar-refractivity contribution in [3.05, 3.63) is 52.5 Å². The number of ether oxygens (including phenoxy) is 1. The van der Waals surface area contributed by atoms with E-state index in [9.17, 15) is 13.2 Å². The van der Waals surface area contributed by atoms with Crippen molar-refractivity contribution in [2.24, 2.45) is 0 Å². The monoisotopic (exact) mass is 422 g/mol. The lowest BCUT2D eigenvalue weighted by molar-refractivity contribution is -0.118. The van der Waals surface area contributed by atoms with E-state index in [1.165, 1.54) is 16.4 Å². The summed E-state index contributed by atoms with van der Waals surface area (Å²) in [5, 5.41) is 2.80. The SMILES string of the molecule is Cc1ccc(OCC(=O)Nc2ccc(Cl)c(S(=O)(=O)N3CCCC3)c2)c(C)c1. The number of carbonyl (C=O) groups excluding carboxylic acids is 1. The number of sulfonamides is 1. The number of benzene rings is 2. The molecule has 1 amide bonds. The van der Waals surface area contributed by atoms with Gasteiger partial charge in [-0.3, -0.25) is 4.79 Å². The first kappa shape index (κ1) is 20.6. The number of amides is 1. The third-order valence-electron chi connectivity index (χ3n) is 4.59. The highest BCUT2D eigenvalue weighted by Crippen LogP contribution is 2.29. The third-order valence-corrected chi connectivity index (χ3v) is 6.97. The Morgan fingerprint density at radius 2 is 1.86 bits per heavy atom. The van der Waals surface area contributed by atoms with Gasteiger partial charge in [0.25, 0.3) is 5.91 Å². The first-order valence-electron chi connectivity index (χ1n) is 9.07. The number of halogens is 1. The second kappa shape index (κ2) is 8.51. The van der Waals surface area contributed by atoms with Gasteiger partial charge in [0.1, 0.15) is 10.6 Å². The van der Waals surface area contributed by atoms with E-state index < -0.39 is 10.0 Å². The van der Waals surface area contributed by atoms with Crippen LogP contribution in [0, 0.1) is 13.8 Å². The second-order valence-corrected chi connectivity index (χ2v) is 9.18. The molecule has 1 saturated heterocycles. The van der Waals surface area contributed by atoms with Gasteiger partial charge in [0.15, 0.2) is 6.61 Å². The summed E-state index contributed by atoms with van der Waals surface area (Å²) in [6.45, 7) is 4.69. The predicted octanol–water partition coefficient (Wildman–Crippen LogP) is 3.76. The summed E-state index contributed by atoms with van der Waals surface area (Å²) in [6, 6.07) is 10.1. The van der Waals surface area contributed by atoms with E-state index in [4.69, 9.17) is 16.3 Å². The number of nitrogens with zero attached hydrogens (tertiary/aromatic N) is 1. The van der Waals surface area contributed by atoms with E-state index in [1.807, 2.05) is 32.0 Å². The summed E-state index contributed by atoms with van der Waals surface area (Å²) < 4.78 is 32.5. The van der Waals surface area contributed by atoms with E-state index in [-0.39, 0.29) is 22.4 Å². The van der Waals surface area contributed by atoms with Gasteiger partial charge in [-0.05, 0) is 56.5 Å². The first-order chi connectivity index (χ1) is 13.3. The smallest absolute Gasteiger partial charge is 0.262 e. The molecule has 0 bridgehead atoms. The molecule has 6 nitrogen and oxygen atoms in total. The second-order valence-electron chi connectivity index (χ2n) is 6.86. The van der Waals surface area contributed by atoms with Crippen molar-refractivity contribution in [1.29, 1.82) is 0 Å². The molecule has 1 aliphatic heterocycles. The molecule has 0 spiro atoms. The molecule has 0 saturated carbocycles. The minimum Gasteiger partial charge on any atom is -0.483 e. The predicted molar refractivity (Wildman–Crippen MR) is 109 cm³/mol. The lowest BCUT2D eigenvalue weighted by Gasteiger charge is -2.17. The molecule has 3 rings (SSSR count). The van der Waals surface area contributed by atoms with Crippen LogP contribution in [-0.2, 0) is 14.8 Å². The molecule has 0 unspecified atom stereocenters. The highest BCUT2D eigenvalue weighted by molar-refractivity contribution is 7.89. The summed E-state index contributed by atoms with van der Waals surface area (Å²) in [7, 11) is -3.67. The molecule has 0 atom stereocenters. The van der Waals surface area contributed by atoms with Gasteiger partial charge in [-0.25, -0.2) is 8.42 Å². The molecule has 150 valence electrons. The van der Waals surface area contributed by atoms with Crippen LogP contribution in [0.1, 0.15) is 24.0 Å². The van der Waals surface area contributed by atoms with Gasteiger partial charge >= 0.3 is 0 Å². The molecule has 0 aromatic heterocycles. The van der Waals surface area contributed by atoms with Crippen LogP contribution in [0.2, 0.25) is 5.02 Å². The fraction of sp³-hybridized carbons (Fsp3) is 0.350. The maximum Gasteiger partial charge on any atom is 0.262 e. The number of nitrogens with one attached hydrogen (secondary N) is 1. The molecule has 28 heavy (non-hydrogen) atoms. The minimum absolute atomic E-state index is 0.00386. The number of aryl methyl sites for hydroxylation is 2. The van der Waals surface area contributed by atoms with E-state index in [2.05, 4.69) is 5.32 Å². The van der Waals surface area contributed by atoms with Gasteiger partial charge in [-0.15, -0.1) is 0 Å². The van der Waals surface area contributed by atoms with Crippen LogP contribution in [0.3, 0.4) is 0 Å². The van der Waals surface area contributed by atoms with Crippen molar-refractivity contribution >= 4 is 33.2 Å². The number of carbonyl (C=O) groups is 1. The standard InChI is InChI=1S/C20H23ClN2O4S/c1-14-5-8-18(15(2)11-14)27-13-20(24)22-16-6-7-17(21)19(12-16)28(25,26)23-9-3-4-10-23/h5-8,11-12H,3-4,9-10,13H2,1-2H3,(H,22,24). The lowest BCUT2D eigenvalue weighted by Crippen LogP contribution is -2.28. The Balaban J connectivity index is 1.69. The summed E-state index contributed by atoms with van der Waals surface area (Å²) in [6.07, 6.45) is 1.67. The highest BCUT2D eigenvalue weighted by Gasteiger charge is 2.29. The van der Waals surface area contributed by atoms with Gasteiger partial charge in [0.2, 0.25) is 10.0 Å². The molecule has 2 aromatic rings. The van der Waals surface area contributed by atoms with E-state index in [0.717, 1.165) is 24.0 Å². The Labute approximate surface area is 170 Å². The number of hydrogen-bond donors (Lipinski definition) is 1. The maximum atomic E-state index is 12.8. The number of hydrogen-bond acceptors (Lipinski definition) is 4. The van der Waals surface area contributed by atoms with Gasteiger partial charge < -0.3 is 10.1 Å². The number of rotatable bonds is 6. The van der Waals surface area contributed by atoms with Crippen LogP contribution in [0.15, 0.2) is 41.3 Å². The normalized spacial score (nSPS) is 14.8. The van der Waals surface area contributed by atoms with E-state index >= 15 is 0 Å². The first-order valence-corrected chi connectivity index (χ1v) is 10.9. The Hall–Kier alpha value is -2.09. The highest BCUT2D eigenvalue weighted by atomic mass is 35.5.